The molecule has 6 nitrogen and oxygen atoms in total. The minimum Gasteiger partial charge on any atom is -0.354 e. The van der Waals surface area contributed by atoms with Gasteiger partial charge in [-0.25, -0.2) is 4.68 Å². The largest absolute Gasteiger partial charge is 0.390 e. The Morgan fingerprint density at radius 1 is 1.26 bits per heavy atom. The first kappa shape index (κ1) is 13.5. The third kappa shape index (κ3) is 4.05. The van der Waals surface area contributed by atoms with Gasteiger partial charge in [-0.3, -0.25) is 0 Å². The van der Waals surface area contributed by atoms with E-state index in [0.717, 1.165) is 0 Å². The average molecular weight is 293 g/mol. The third-order valence-electron chi connectivity index (χ3n) is 2.00. The maximum Gasteiger partial charge on any atom is 0.390 e. The summed E-state index contributed by atoms with van der Waals surface area (Å²) in [7, 11) is 0. The molecule has 0 amide bonds. The van der Waals surface area contributed by atoms with Crippen LogP contribution >= 0.6 is 11.6 Å². The van der Waals surface area contributed by atoms with Crippen LogP contribution in [0.15, 0.2) is 18.5 Å². The minimum atomic E-state index is -4.24. The Labute approximate surface area is 110 Å². The van der Waals surface area contributed by atoms with E-state index in [0.29, 0.717) is 0 Å². The summed E-state index contributed by atoms with van der Waals surface area (Å²) in [4.78, 5) is 11.4. The molecule has 0 spiro atoms. The van der Waals surface area contributed by atoms with Crippen molar-refractivity contribution in [1.82, 2.24) is 24.7 Å². The molecule has 2 aromatic rings. The van der Waals surface area contributed by atoms with E-state index in [1.807, 2.05) is 0 Å². The molecule has 0 fully saturated rings. The van der Waals surface area contributed by atoms with Gasteiger partial charge in [0.15, 0.2) is 0 Å². The van der Waals surface area contributed by atoms with Crippen molar-refractivity contribution in [2.45, 2.75) is 12.6 Å². The molecule has 2 aromatic heterocycles. The van der Waals surface area contributed by atoms with E-state index in [4.69, 9.17) is 11.6 Å². The van der Waals surface area contributed by atoms with Crippen LogP contribution in [0.25, 0.3) is 5.95 Å². The van der Waals surface area contributed by atoms with Gasteiger partial charge in [-0.15, -0.1) is 0 Å². The molecule has 1 N–H and O–H groups in total. The summed E-state index contributed by atoms with van der Waals surface area (Å²) in [5.74, 6) is 0.0919. The molecule has 0 radical (unpaired) electrons. The van der Waals surface area contributed by atoms with Gasteiger partial charge < -0.3 is 5.32 Å². The Hall–Kier alpha value is -1.90. The van der Waals surface area contributed by atoms with E-state index < -0.39 is 12.6 Å². The zero-order valence-corrected chi connectivity index (χ0v) is 10.2. The molecule has 19 heavy (non-hydrogen) atoms. The predicted octanol–water partition coefficient (Wildman–Crippen LogP) is 2.07. The lowest BCUT2D eigenvalue weighted by molar-refractivity contribution is -0.131. The van der Waals surface area contributed by atoms with Crippen LogP contribution in [0.1, 0.15) is 6.42 Å². The Kier molecular flexibility index (Phi) is 3.84. The van der Waals surface area contributed by atoms with Gasteiger partial charge in [-0.1, -0.05) is 0 Å². The molecule has 102 valence electrons. The Morgan fingerprint density at radius 2 is 2.05 bits per heavy atom. The molecule has 0 atom stereocenters. The summed E-state index contributed by atoms with van der Waals surface area (Å²) in [6.07, 6.45) is -2.15. The van der Waals surface area contributed by atoms with Gasteiger partial charge in [0, 0.05) is 18.9 Å². The third-order valence-corrected chi connectivity index (χ3v) is 2.17. The number of alkyl halides is 3. The maximum absolute atomic E-state index is 12.0. The normalized spacial score (nSPS) is 11.6. The van der Waals surface area contributed by atoms with Crippen molar-refractivity contribution in [3.63, 3.8) is 0 Å². The fourth-order valence-corrected chi connectivity index (χ4v) is 1.38. The molecule has 0 bridgehead atoms. The topological polar surface area (TPSA) is 68.5 Å². The molecular weight excluding hydrogens is 285 g/mol. The first-order chi connectivity index (χ1) is 8.94. The second-order valence-corrected chi connectivity index (χ2v) is 3.81. The molecule has 0 saturated heterocycles. The molecule has 0 saturated carbocycles. The second kappa shape index (κ2) is 5.39. The molecule has 2 heterocycles. The van der Waals surface area contributed by atoms with Gasteiger partial charge in [-0.2, -0.15) is 33.2 Å². The van der Waals surface area contributed by atoms with E-state index in [9.17, 15) is 13.2 Å². The number of hydrogen-bond donors (Lipinski definition) is 1. The molecule has 0 aliphatic heterocycles. The van der Waals surface area contributed by atoms with Crippen LogP contribution in [0.3, 0.4) is 0 Å². The van der Waals surface area contributed by atoms with Gasteiger partial charge in [0.1, 0.15) is 0 Å². The minimum absolute atomic E-state index is 0.0326. The molecule has 10 heteroatoms. The van der Waals surface area contributed by atoms with Crippen molar-refractivity contribution in [3.8, 4) is 5.95 Å². The number of anilines is 1. The van der Waals surface area contributed by atoms with Crippen LogP contribution in [0.2, 0.25) is 5.28 Å². The lowest BCUT2D eigenvalue weighted by Crippen LogP contribution is -2.16. The highest BCUT2D eigenvalue weighted by atomic mass is 35.5. The van der Waals surface area contributed by atoms with Crippen molar-refractivity contribution < 1.29 is 13.2 Å². The van der Waals surface area contributed by atoms with E-state index in [1.54, 1.807) is 12.3 Å². The number of nitrogens with zero attached hydrogens (tertiary/aromatic N) is 5. The molecule has 2 rings (SSSR count). The smallest absolute Gasteiger partial charge is 0.354 e. The fourth-order valence-electron chi connectivity index (χ4n) is 1.22. The zero-order valence-electron chi connectivity index (χ0n) is 9.39. The zero-order chi connectivity index (χ0) is 13.9. The van der Waals surface area contributed by atoms with Gasteiger partial charge in [0.25, 0.3) is 5.95 Å². The van der Waals surface area contributed by atoms with Crippen molar-refractivity contribution in [2.24, 2.45) is 0 Å². The van der Waals surface area contributed by atoms with E-state index in [1.165, 1.54) is 10.9 Å². The maximum atomic E-state index is 12.0. The fraction of sp³-hybridized carbons (Fsp3) is 0.333. The SMILES string of the molecule is FC(F)(F)CCNc1nc(Cl)nc(-n2cccn2)n1. The van der Waals surface area contributed by atoms with Crippen LogP contribution in [0.5, 0.6) is 0 Å². The Balaban J connectivity index is 2.09. The summed E-state index contributed by atoms with van der Waals surface area (Å²) < 4.78 is 37.3. The van der Waals surface area contributed by atoms with E-state index in [-0.39, 0.29) is 23.7 Å². The standard InChI is InChI=1S/C9H8ClF3N6/c10-6-16-7(14-4-2-9(11,12)13)18-8(17-6)19-5-1-3-15-19/h1,3,5H,2,4H2,(H,14,16,17,18). The summed E-state index contributed by atoms with van der Waals surface area (Å²) in [5.41, 5.74) is 0. The van der Waals surface area contributed by atoms with E-state index in [2.05, 4.69) is 25.4 Å². The summed E-state index contributed by atoms with van der Waals surface area (Å²) >= 11 is 5.67. The first-order valence-corrected chi connectivity index (χ1v) is 5.54. The highest BCUT2D eigenvalue weighted by Gasteiger charge is 2.26. The molecule has 0 aliphatic carbocycles. The first-order valence-electron chi connectivity index (χ1n) is 5.16. The quantitative estimate of drug-likeness (QED) is 0.934. The lowest BCUT2D eigenvalue weighted by atomic mass is 10.4. The van der Waals surface area contributed by atoms with Gasteiger partial charge in [-0.05, 0) is 17.7 Å². The summed E-state index contributed by atoms with van der Waals surface area (Å²) in [5, 5.41) is 6.19. The summed E-state index contributed by atoms with van der Waals surface area (Å²) in [6, 6.07) is 1.65. The highest BCUT2D eigenvalue weighted by molar-refractivity contribution is 6.28. The second-order valence-electron chi connectivity index (χ2n) is 3.47. The van der Waals surface area contributed by atoms with Gasteiger partial charge >= 0.3 is 6.18 Å². The van der Waals surface area contributed by atoms with Gasteiger partial charge in [0.2, 0.25) is 11.2 Å². The summed E-state index contributed by atoms with van der Waals surface area (Å²) in [6.45, 7) is -0.345. The van der Waals surface area contributed by atoms with E-state index >= 15 is 0 Å². The Bertz CT molecular complexity index is 541. The van der Waals surface area contributed by atoms with Crippen molar-refractivity contribution in [3.05, 3.63) is 23.7 Å². The van der Waals surface area contributed by atoms with Crippen molar-refractivity contribution >= 4 is 17.5 Å². The molecular formula is C9H8ClF3N6. The predicted molar refractivity (Wildman–Crippen MR) is 61.1 cm³/mol. The number of rotatable bonds is 4. The number of hydrogen-bond acceptors (Lipinski definition) is 5. The Morgan fingerprint density at radius 3 is 2.68 bits per heavy atom. The molecule has 0 aromatic carbocycles. The van der Waals surface area contributed by atoms with Crippen LogP contribution in [0.4, 0.5) is 19.1 Å². The van der Waals surface area contributed by atoms with Crippen LogP contribution < -0.4 is 5.32 Å². The van der Waals surface area contributed by atoms with Crippen LogP contribution in [0, 0.1) is 0 Å². The van der Waals surface area contributed by atoms with Crippen LogP contribution in [-0.2, 0) is 0 Å². The number of nitrogens with one attached hydrogen (secondary N) is 1. The van der Waals surface area contributed by atoms with Crippen molar-refractivity contribution in [1.29, 1.82) is 0 Å². The van der Waals surface area contributed by atoms with Gasteiger partial charge in [0.05, 0.1) is 6.42 Å². The number of halogens is 4. The molecule has 0 unspecified atom stereocenters. The number of aromatic nitrogens is 5. The lowest BCUT2D eigenvalue weighted by Gasteiger charge is -2.08. The highest BCUT2D eigenvalue weighted by Crippen LogP contribution is 2.19. The molecule has 0 aliphatic rings. The van der Waals surface area contributed by atoms with Crippen molar-refractivity contribution in [2.75, 3.05) is 11.9 Å². The monoisotopic (exact) mass is 292 g/mol. The average Bonchev–Trinajstić information content (AvgIpc) is 2.79. The van der Waals surface area contributed by atoms with Crippen LogP contribution in [-0.4, -0.2) is 37.5 Å².